The lowest BCUT2D eigenvalue weighted by molar-refractivity contribution is -0.136. The molecule has 2 amide bonds. The fourth-order valence-electron chi connectivity index (χ4n) is 2.34. The summed E-state index contributed by atoms with van der Waals surface area (Å²) in [6.45, 7) is 6.15. The molecular weight excluding hydrogens is 325 g/mol. The zero-order valence-electron chi connectivity index (χ0n) is 12.4. The molecule has 2 rings (SSSR count). The van der Waals surface area contributed by atoms with Gasteiger partial charge in [-0.1, -0.05) is 30.1 Å². The van der Waals surface area contributed by atoms with E-state index in [9.17, 15) is 9.59 Å². The van der Waals surface area contributed by atoms with E-state index in [0.29, 0.717) is 28.8 Å². The summed E-state index contributed by atoms with van der Waals surface area (Å²) >= 11 is 11.7. The molecule has 1 N–H and O–H groups in total. The molecule has 0 bridgehead atoms. The highest BCUT2D eigenvalue weighted by molar-refractivity contribution is 6.42. The van der Waals surface area contributed by atoms with Gasteiger partial charge < -0.3 is 15.1 Å². The lowest BCUT2D eigenvalue weighted by Crippen LogP contribution is -2.49. The maximum atomic E-state index is 12.1. The summed E-state index contributed by atoms with van der Waals surface area (Å²) in [6.07, 6.45) is -0.160. The molecule has 0 aromatic heterocycles. The fraction of sp³-hybridized carbons (Fsp3) is 0.467. The van der Waals surface area contributed by atoms with Gasteiger partial charge in [-0.15, -0.1) is 0 Å². The average Bonchev–Trinajstić information content (AvgIpc) is 2.51. The number of nitrogens with one attached hydrogen (secondary N) is 1. The number of likely N-dealkylation sites (N-methyl/N-ethyl adjacent to an activating group) is 1. The van der Waals surface area contributed by atoms with Crippen molar-refractivity contribution < 1.29 is 9.59 Å². The van der Waals surface area contributed by atoms with Crippen LogP contribution < -0.4 is 5.32 Å². The molecule has 1 aliphatic rings. The van der Waals surface area contributed by atoms with E-state index in [1.165, 1.54) is 0 Å². The molecule has 0 radical (unpaired) electrons. The Balaban J connectivity index is 1.84. The highest BCUT2D eigenvalue weighted by atomic mass is 35.5. The summed E-state index contributed by atoms with van der Waals surface area (Å²) in [5.74, 6) is -0.491. The molecule has 0 spiro atoms. The van der Waals surface area contributed by atoms with E-state index >= 15 is 0 Å². The Labute approximate surface area is 140 Å². The van der Waals surface area contributed by atoms with Crippen molar-refractivity contribution in [2.75, 3.05) is 38.0 Å². The minimum atomic E-state index is -0.346. The van der Waals surface area contributed by atoms with Crippen LogP contribution in [-0.4, -0.2) is 54.3 Å². The summed E-state index contributed by atoms with van der Waals surface area (Å²) in [5, 5.41) is 3.44. The van der Waals surface area contributed by atoms with Crippen LogP contribution in [0.2, 0.25) is 10.0 Å². The van der Waals surface area contributed by atoms with Gasteiger partial charge in [0.05, 0.1) is 10.0 Å². The van der Waals surface area contributed by atoms with Gasteiger partial charge in [0.1, 0.15) is 6.42 Å². The predicted octanol–water partition coefficient (Wildman–Crippen LogP) is 2.49. The van der Waals surface area contributed by atoms with E-state index < -0.39 is 0 Å². The molecule has 120 valence electrons. The molecule has 1 heterocycles. The van der Waals surface area contributed by atoms with Crippen LogP contribution in [0.5, 0.6) is 0 Å². The molecule has 1 aromatic rings. The standard InChI is InChI=1S/C15H19Cl2N3O2/c1-2-19-5-7-20(8-6-19)15(22)10-14(21)18-11-3-4-12(16)13(17)9-11/h3-4,9H,2,5-8,10H2,1H3,(H,18,21). The van der Waals surface area contributed by atoms with Gasteiger partial charge in [0, 0.05) is 31.9 Å². The summed E-state index contributed by atoms with van der Waals surface area (Å²) in [4.78, 5) is 28.1. The summed E-state index contributed by atoms with van der Waals surface area (Å²) in [5.41, 5.74) is 0.531. The van der Waals surface area contributed by atoms with Crippen LogP contribution in [0.15, 0.2) is 18.2 Å². The number of anilines is 1. The first kappa shape index (κ1) is 17.1. The first-order valence-electron chi connectivity index (χ1n) is 7.24. The van der Waals surface area contributed by atoms with Crippen LogP contribution in [-0.2, 0) is 9.59 Å². The maximum absolute atomic E-state index is 12.1. The van der Waals surface area contributed by atoms with Gasteiger partial charge in [-0.25, -0.2) is 0 Å². The van der Waals surface area contributed by atoms with Gasteiger partial charge >= 0.3 is 0 Å². The number of hydrogen-bond acceptors (Lipinski definition) is 3. The van der Waals surface area contributed by atoms with Crippen LogP contribution in [0.1, 0.15) is 13.3 Å². The number of carbonyl (C=O) groups excluding carboxylic acids is 2. The third-order valence-electron chi connectivity index (χ3n) is 3.69. The van der Waals surface area contributed by atoms with E-state index in [-0.39, 0.29) is 18.2 Å². The predicted molar refractivity (Wildman–Crippen MR) is 88.4 cm³/mol. The lowest BCUT2D eigenvalue weighted by atomic mass is 10.2. The van der Waals surface area contributed by atoms with E-state index in [2.05, 4.69) is 17.1 Å². The van der Waals surface area contributed by atoms with Gasteiger partial charge in [-0.2, -0.15) is 0 Å². The van der Waals surface area contributed by atoms with Crippen molar-refractivity contribution in [2.24, 2.45) is 0 Å². The molecule has 22 heavy (non-hydrogen) atoms. The van der Waals surface area contributed by atoms with Crippen molar-refractivity contribution in [3.63, 3.8) is 0 Å². The second kappa shape index (κ2) is 7.81. The monoisotopic (exact) mass is 343 g/mol. The Hall–Kier alpha value is -1.30. The second-order valence-electron chi connectivity index (χ2n) is 5.17. The van der Waals surface area contributed by atoms with Gasteiger partial charge in [0.2, 0.25) is 11.8 Å². The number of hydrogen-bond donors (Lipinski definition) is 1. The maximum Gasteiger partial charge on any atom is 0.233 e. The minimum Gasteiger partial charge on any atom is -0.340 e. The van der Waals surface area contributed by atoms with Crippen LogP contribution in [0.25, 0.3) is 0 Å². The number of carbonyl (C=O) groups is 2. The van der Waals surface area contributed by atoms with Crippen molar-refractivity contribution in [3.8, 4) is 0 Å². The summed E-state index contributed by atoms with van der Waals surface area (Å²) < 4.78 is 0. The highest BCUT2D eigenvalue weighted by Crippen LogP contribution is 2.25. The molecular formula is C15H19Cl2N3O2. The largest absolute Gasteiger partial charge is 0.340 e. The molecule has 1 saturated heterocycles. The molecule has 0 atom stereocenters. The quantitative estimate of drug-likeness (QED) is 0.854. The molecule has 1 aromatic carbocycles. The fourth-order valence-corrected chi connectivity index (χ4v) is 2.64. The smallest absolute Gasteiger partial charge is 0.233 e. The van der Waals surface area contributed by atoms with E-state index in [1.807, 2.05) is 0 Å². The highest BCUT2D eigenvalue weighted by Gasteiger charge is 2.22. The molecule has 0 saturated carbocycles. The topological polar surface area (TPSA) is 52.7 Å². The summed E-state index contributed by atoms with van der Waals surface area (Å²) in [7, 11) is 0. The average molecular weight is 344 g/mol. The molecule has 1 fully saturated rings. The Morgan fingerprint density at radius 3 is 2.41 bits per heavy atom. The molecule has 7 heteroatoms. The first-order valence-corrected chi connectivity index (χ1v) is 8.00. The summed E-state index contributed by atoms with van der Waals surface area (Å²) in [6, 6.07) is 4.81. The number of nitrogens with zero attached hydrogens (tertiary/aromatic N) is 2. The Kier molecular flexibility index (Phi) is 6.06. The Bertz CT molecular complexity index is 558. The third kappa shape index (κ3) is 4.60. The number of halogens is 2. The minimum absolute atomic E-state index is 0.145. The zero-order chi connectivity index (χ0) is 16.1. The van der Waals surface area contributed by atoms with E-state index in [4.69, 9.17) is 23.2 Å². The van der Waals surface area contributed by atoms with Crippen molar-refractivity contribution in [1.29, 1.82) is 0 Å². The number of piperazine rings is 1. The van der Waals surface area contributed by atoms with Crippen LogP contribution in [0.3, 0.4) is 0 Å². The Morgan fingerprint density at radius 2 is 1.82 bits per heavy atom. The third-order valence-corrected chi connectivity index (χ3v) is 4.43. The normalized spacial score (nSPS) is 15.7. The first-order chi connectivity index (χ1) is 10.5. The molecule has 5 nitrogen and oxygen atoms in total. The number of benzene rings is 1. The number of rotatable bonds is 4. The zero-order valence-corrected chi connectivity index (χ0v) is 14.0. The van der Waals surface area contributed by atoms with Crippen LogP contribution in [0, 0.1) is 0 Å². The van der Waals surface area contributed by atoms with Gasteiger partial charge in [0.25, 0.3) is 0 Å². The molecule has 0 aliphatic carbocycles. The van der Waals surface area contributed by atoms with Gasteiger partial charge in [0.15, 0.2) is 0 Å². The lowest BCUT2D eigenvalue weighted by Gasteiger charge is -2.33. The van der Waals surface area contributed by atoms with Gasteiger partial charge in [-0.05, 0) is 24.7 Å². The van der Waals surface area contributed by atoms with Crippen molar-refractivity contribution in [3.05, 3.63) is 28.2 Å². The second-order valence-corrected chi connectivity index (χ2v) is 5.98. The molecule has 1 aliphatic heterocycles. The van der Waals surface area contributed by atoms with Crippen molar-refractivity contribution in [2.45, 2.75) is 13.3 Å². The van der Waals surface area contributed by atoms with Crippen molar-refractivity contribution in [1.82, 2.24) is 9.80 Å². The van der Waals surface area contributed by atoms with Gasteiger partial charge in [-0.3, -0.25) is 9.59 Å². The number of amides is 2. The van der Waals surface area contributed by atoms with E-state index in [1.54, 1.807) is 23.1 Å². The molecule has 0 unspecified atom stereocenters. The van der Waals surface area contributed by atoms with Crippen LogP contribution in [0.4, 0.5) is 5.69 Å². The van der Waals surface area contributed by atoms with Crippen LogP contribution >= 0.6 is 23.2 Å². The Morgan fingerprint density at radius 1 is 1.14 bits per heavy atom. The van der Waals surface area contributed by atoms with Crippen molar-refractivity contribution >= 4 is 40.7 Å². The SMILES string of the molecule is CCN1CCN(C(=O)CC(=O)Nc2ccc(Cl)c(Cl)c2)CC1. The van der Waals surface area contributed by atoms with E-state index in [0.717, 1.165) is 19.6 Å².